The number of ether oxygens (including phenoxy) is 1. The molecule has 0 spiro atoms. The van der Waals surface area contributed by atoms with Crippen molar-refractivity contribution < 1.29 is 18.7 Å². The highest BCUT2D eigenvalue weighted by atomic mass is 19.1. The van der Waals surface area contributed by atoms with Gasteiger partial charge in [-0.25, -0.2) is 9.82 Å². The van der Waals surface area contributed by atoms with Gasteiger partial charge in [-0.15, -0.1) is 0 Å². The molecule has 0 radical (unpaired) electrons. The maximum atomic E-state index is 12.9. The highest BCUT2D eigenvalue weighted by molar-refractivity contribution is 6.39. The van der Waals surface area contributed by atoms with Gasteiger partial charge in [0.15, 0.2) is 0 Å². The van der Waals surface area contributed by atoms with Crippen molar-refractivity contribution in [2.24, 2.45) is 5.10 Å². The zero-order chi connectivity index (χ0) is 20.6. The number of hydrogen-bond donors (Lipinski definition) is 2. The maximum absolute atomic E-state index is 12.9. The fourth-order valence-corrected chi connectivity index (χ4v) is 2.67. The number of fused-ring (bicyclic) bond motifs is 1. The molecule has 6 nitrogen and oxygen atoms in total. The largest absolute Gasteiger partial charge is 0.493 e. The SMILES string of the molecule is CCCOc1ccc2ccccc2c1/C=N\NC(=O)C(=O)Nc1ccc(F)cc1. The summed E-state index contributed by atoms with van der Waals surface area (Å²) in [4.78, 5) is 23.9. The minimum absolute atomic E-state index is 0.305. The average Bonchev–Trinajstić information content (AvgIpc) is 2.74. The van der Waals surface area contributed by atoms with Gasteiger partial charge in [-0.05, 0) is 47.5 Å². The van der Waals surface area contributed by atoms with E-state index >= 15 is 0 Å². The summed E-state index contributed by atoms with van der Waals surface area (Å²) in [6, 6.07) is 16.6. The summed E-state index contributed by atoms with van der Waals surface area (Å²) < 4.78 is 18.7. The van der Waals surface area contributed by atoms with Crippen LogP contribution in [0.1, 0.15) is 18.9 Å². The molecule has 0 heterocycles. The van der Waals surface area contributed by atoms with Crippen molar-refractivity contribution in [1.82, 2.24) is 5.43 Å². The molecule has 3 rings (SSSR count). The molecule has 0 aliphatic heterocycles. The first-order valence-electron chi connectivity index (χ1n) is 9.13. The summed E-state index contributed by atoms with van der Waals surface area (Å²) in [6.45, 7) is 2.56. The molecule has 0 bridgehead atoms. The van der Waals surface area contributed by atoms with Crippen LogP contribution in [0.15, 0.2) is 65.8 Å². The van der Waals surface area contributed by atoms with E-state index in [9.17, 15) is 14.0 Å². The number of hydrogen-bond acceptors (Lipinski definition) is 4. The maximum Gasteiger partial charge on any atom is 0.329 e. The van der Waals surface area contributed by atoms with Crippen LogP contribution in [-0.2, 0) is 9.59 Å². The molecular formula is C22H20FN3O3. The van der Waals surface area contributed by atoms with E-state index in [2.05, 4.69) is 15.8 Å². The molecule has 0 aromatic heterocycles. The second-order valence-electron chi connectivity index (χ2n) is 6.21. The number of nitrogens with zero attached hydrogens (tertiary/aromatic N) is 1. The molecule has 0 saturated heterocycles. The van der Waals surface area contributed by atoms with E-state index in [1.165, 1.54) is 30.5 Å². The molecule has 0 atom stereocenters. The van der Waals surface area contributed by atoms with Gasteiger partial charge in [-0.2, -0.15) is 5.10 Å². The van der Waals surface area contributed by atoms with Crippen molar-refractivity contribution in [1.29, 1.82) is 0 Å². The molecular weight excluding hydrogens is 373 g/mol. The molecule has 148 valence electrons. The van der Waals surface area contributed by atoms with Crippen molar-refractivity contribution in [3.8, 4) is 5.75 Å². The number of carbonyl (C=O) groups is 2. The van der Waals surface area contributed by atoms with Crippen molar-refractivity contribution in [3.05, 3.63) is 72.0 Å². The highest BCUT2D eigenvalue weighted by Crippen LogP contribution is 2.26. The van der Waals surface area contributed by atoms with E-state index in [4.69, 9.17) is 4.74 Å². The van der Waals surface area contributed by atoms with Gasteiger partial charge < -0.3 is 10.1 Å². The molecule has 0 aliphatic carbocycles. The average molecular weight is 393 g/mol. The lowest BCUT2D eigenvalue weighted by Crippen LogP contribution is -2.32. The molecule has 0 fully saturated rings. The smallest absolute Gasteiger partial charge is 0.329 e. The van der Waals surface area contributed by atoms with Crippen LogP contribution in [-0.4, -0.2) is 24.6 Å². The lowest BCUT2D eigenvalue weighted by Gasteiger charge is -2.11. The number of hydrazone groups is 1. The predicted molar refractivity (Wildman–Crippen MR) is 111 cm³/mol. The molecule has 2 N–H and O–H groups in total. The van der Waals surface area contributed by atoms with Gasteiger partial charge in [0.05, 0.1) is 12.8 Å². The van der Waals surface area contributed by atoms with Gasteiger partial charge in [0, 0.05) is 11.3 Å². The van der Waals surface area contributed by atoms with Crippen LogP contribution in [0.3, 0.4) is 0 Å². The molecule has 0 unspecified atom stereocenters. The third-order valence-electron chi connectivity index (χ3n) is 4.06. The Hall–Kier alpha value is -3.74. The van der Waals surface area contributed by atoms with Crippen LogP contribution in [0.5, 0.6) is 5.75 Å². The number of halogens is 1. The van der Waals surface area contributed by atoms with Gasteiger partial charge in [-0.1, -0.05) is 37.3 Å². The number of carbonyl (C=O) groups excluding carboxylic acids is 2. The van der Waals surface area contributed by atoms with Crippen molar-refractivity contribution >= 4 is 34.5 Å². The predicted octanol–water partition coefficient (Wildman–Crippen LogP) is 3.86. The Kier molecular flexibility index (Phi) is 6.52. The number of nitrogens with one attached hydrogen (secondary N) is 2. The second-order valence-corrected chi connectivity index (χ2v) is 6.21. The monoisotopic (exact) mass is 393 g/mol. The first-order valence-corrected chi connectivity index (χ1v) is 9.13. The third kappa shape index (κ3) is 5.16. The van der Waals surface area contributed by atoms with Crippen LogP contribution < -0.4 is 15.5 Å². The number of rotatable bonds is 6. The molecule has 3 aromatic rings. The minimum Gasteiger partial charge on any atom is -0.493 e. The van der Waals surface area contributed by atoms with E-state index in [-0.39, 0.29) is 0 Å². The van der Waals surface area contributed by atoms with Gasteiger partial charge in [0.1, 0.15) is 11.6 Å². The van der Waals surface area contributed by atoms with Gasteiger partial charge in [0.2, 0.25) is 0 Å². The first-order chi connectivity index (χ1) is 14.1. The Morgan fingerprint density at radius 2 is 1.79 bits per heavy atom. The number of anilines is 1. The fourth-order valence-electron chi connectivity index (χ4n) is 2.67. The van der Waals surface area contributed by atoms with Crippen LogP contribution >= 0.6 is 0 Å². The minimum atomic E-state index is -0.943. The molecule has 3 aromatic carbocycles. The molecule has 2 amide bonds. The third-order valence-corrected chi connectivity index (χ3v) is 4.06. The second kappa shape index (κ2) is 9.45. The summed E-state index contributed by atoms with van der Waals surface area (Å²) in [5, 5.41) is 8.19. The van der Waals surface area contributed by atoms with Crippen LogP contribution in [0, 0.1) is 5.82 Å². The Morgan fingerprint density at radius 1 is 1.03 bits per heavy atom. The van der Waals surface area contributed by atoms with E-state index in [0.717, 1.165) is 17.2 Å². The van der Waals surface area contributed by atoms with E-state index in [1.54, 1.807) is 0 Å². The molecule has 29 heavy (non-hydrogen) atoms. The highest BCUT2D eigenvalue weighted by Gasteiger charge is 2.13. The van der Waals surface area contributed by atoms with Crippen LogP contribution in [0.4, 0.5) is 10.1 Å². The quantitative estimate of drug-likeness (QED) is 0.379. The van der Waals surface area contributed by atoms with E-state index in [0.29, 0.717) is 23.6 Å². The summed E-state index contributed by atoms with van der Waals surface area (Å²) >= 11 is 0. The Labute approximate surface area is 167 Å². The normalized spacial score (nSPS) is 10.8. The Morgan fingerprint density at radius 3 is 2.55 bits per heavy atom. The molecule has 0 aliphatic rings. The zero-order valence-electron chi connectivity index (χ0n) is 15.8. The lowest BCUT2D eigenvalue weighted by molar-refractivity contribution is -0.136. The Bertz CT molecular complexity index is 1050. The summed E-state index contributed by atoms with van der Waals surface area (Å²) in [5.74, 6) is -1.65. The van der Waals surface area contributed by atoms with E-state index < -0.39 is 17.6 Å². The fraction of sp³-hybridized carbons (Fsp3) is 0.136. The van der Waals surface area contributed by atoms with Gasteiger partial charge in [0.25, 0.3) is 0 Å². The molecule has 0 saturated carbocycles. The van der Waals surface area contributed by atoms with Crippen LogP contribution in [0.25, 0.3) is 10.8 Å². The van der Waals surface area contributed by atoms with E-state index in [1.807, 2.05) is 43.3 Å². The van der Waals surface area contributed by atoms with Crippen LogP contribution in [0.2, 0.25) is 0 Å². The zero-order valence-corrected chi connectivity index (χ0v) is 15.8. The topological polar surface area (TPSA) is 79.8 Å². The van der Waals surface area contributed by atoms with Crippen molar-refractivity contribution in [2.45, 2.75) is 13.3 Å². The number of benzene rings is 3. The Balaban J connectivity index is 1.73. The first kappa shape index (κ1) is 20.0. The lowest BCUT2D eigenvalue weighted by atomic mass is 10.0. The van der Waals surface area contributed by atoms with Crippen molar-refractivity contribution in [3.63, 3.8) is 0 Å². The number of amides is 2. The summed E-state index contributed by atoms with van der Waals surface area (Å²) in [5.41, 5.74) is 3.21. The molecule has 7 heteroatoms. The summed E-state index contributed by atoms with van der Waals surface area (Å²) in [6.07, 6.45) is 2.31. The van der Waals surface area contributed by atoms with Gasteiger partial charge in [-0.3, -0.25) is 9.59 Å². The standard InChI is InChI=1S/C22H20FN3O3/c1-2-13-29-20-12-7-15-5-3-4-6-18(15)19(20)14-24-26-22(28)21(27)25-17-10-8-16(23)9-11-17/h3-12,14H,2,13H2,1H3,(H,25,27)(H,26,28)/b24-14-. The van der Waals surface area contributed by atoms with Crippen molar-refractivity contribution in [2.75, 3.05) is 11.9 Å². The summed E-state index contributed by atoms with van der Waals surface area (Å²) in [7, 11) is 0. The van der Waals surface area contributed by atoms with Gasteiger partial charge >= 0.3 is 11.8 Å².